The van der Waals surface area contributed by atoms with Crippen LogP contribution >= 0.6 is 0 Å². The van der Waals surface area contributed by atoms with Gasteiger partial charge >= 0.3 is 0 Å². The molecule has 1 aliphatic heterocycles. The Hall–Kier alpha value is -3.13. The molecule has 0 radical (unpaired) electrons. The number of ether oxygens (including phenoxy) is 2. The summed E-state index contributed by atoms with van der Waals surface area (Å²) >= 11 is 0. The lowest BCUT2D eigenvalue weighted by Gasteiger charge is -2.38. The normalized spacial score (nSPS) is 19.4. The Balaban J connectivity index is 1.63. The maximum absolute atomic E-state index is 13.3. The summed E-state index contributed by atoms with van der Waals surface area (Å²) in [4.78, 5) is 17.4. The maximum atomic E-state index is 13.3. The molecular formula is C22H27FN4O3. The number of primary amides is 1. The number of aliphatic imine (C=N–C) groups is 1. The van der Waals surface area contributed by atoms with Gasteiger partial charge in [-0.05, 0) is 42.3 Å². The lowest BCUT2D eigenvalue weighted by molar-refractivity contribution is -0.119. The molecule has 8 heteroatoms. The van der Waals surface area contributed by atoms with Gasteiger partial charge in [0.25, 0.3) is 5.91 Å². The second-order valence-corrected chi connectivity index (χ2v) is 7.20. The van der Waals surface area contributed by atoms with E-state index >= 15 is 0 Å². The highest BCUT2D eigenvalue weighted by Gasteiger charge is 2.28. The minimum absolute atomic E-state index is 0.00196. The van der Waals surface area contributed by atoms with Crippen molar-refractivity contribution in [2.75, 3.05) is 26.7 Å². The van der Waals surface area contributed by atoms with Crippen LogP contribution in [0.5, 0.6) is 5.75 Å². The van der Waals surface area contributed by atoms with Crippen molar-refractivity contribution in [1.29, 1.82) is 0 Å². The summed E-state index contributed by atoms with van der Waals surface area (Å²) in [5, 5.41) is 3.36. The van der Waals surface area contributed by atoms with Gasteiger partial charge in [-0.25, -0.2) is 4.39 Å². The fourth-order valence-electron chi connectivity index (χ4n) is 3.40. The van der Waals surface area contributed by atoms with Gasteiger partial charge in [0.2, 0.25) is 0 Å². The van der Waals surface area contributed by atoms with E-state index in [1.165, 1.54) is 12.1 Å². The smallest absolute Gasteiger partial charge is 0.255 e. The molecule has 3 N–H and O–H groups in total. The molecule has 1 heterocycles. The number of benzene rings is 2. The molecular weight excluding hydrogens is 387 g/mol. The van der Waals surface area contributed by atoms with Gasteiger partial charge in [0.05, 0.1) is 12.6 Å². The predicted molar refractivity (Wildman–Crippen MR) is 113 cm³/mol. The fraction of sp³-hybridized carbons (Fsp3) is 0.364. The molecule has 3 rings (SSSR count). The largest absolute Gasteiger partial charge is 0.484 e. The summed E-state index contributed by atoms with van der Waals surface area (Å²) in [5.74, 6) is 0.551. The topological polar surface area (TPSA) is 89.2 Å². The number of hydrogen-bond donors (Lipinski definition) is 2. The number of guanidine groups is 1. The van der Waals surface area contributed by atoms with Crippen molar-refractivity contribution in [2.45, 2.75) is 25.7 Å². The molecule has 2 unspecified atom stereocenters. The van der Waals surface area contributed by atoms with Crippen molar-refractivity contribution in [3.8, 4) is 5.75 Å². The Kier molecular flexibility index (Phi) is 7.24. The molecule has 2 aromatic carbocycles. The first-order chi connectivity index (χ1) is 14.4. The average Bonchev–Trinajstić information content (AvgIpc) is 2.73. The Labute approximate surface area is 175 Å². The fourth-order valence-corrected chi connectivity index (χ4v) is 3.40. The first-order valence-electron chi connectivity index (χ1n) is 9.81. The van der Waals surface area contributed by atoms with Crippen LogP contribution in [0.25, 0.3) is 0 Å². The molecule has 0 spiro atoms. The van der Waals surface area contributed by atoms with Crippen molar-refractivity contribution < 1.29 is 18.7 Å². The number of carbonyl (C=O) groups excluding carboxylic acids is 1. The monoisotopic (exact) mass is 414 g/mol. The summed E-state index contributed by atoms with van der Waals surface area (Å²) in [6.45, 7) is 3.69. The van der Waals surface area contributed by atoms with E-state index < -0.39 is 5.91 Å². The minimum Gasteiger partial charge on any atom is -0.484 e. The molecule has 1 amide bonds. The van der Waals surface area contributed by atoms with Crippen LogP contribution in [0.4, 0.5) is 4.39 Å². The van der Waals surface area contributed by atoms with Gasteiger partial charge in [0, 0.05) is 20.1 Å². The highest BCUT2D eigenvalue weighted by atomic mass is 19.1. The molecule has 7 nitrogen and oxygen atoms in total. The second kappa shape index (κ2) is 10.1. The third-order valence-corrected chi connectivity index (χ3v) is 4.74. The van der Waals surface area contributed by atoms with Crippen molar-refractivity contribution >= 4 is 11.9 Å². The summed E-state index contributed by atoms with van der Waals surface area (Å²) in [7, 11) is 1.74. The number of hydrogen-bond acceptors (Lipinski definition) is 4. The predicted octanol–water partition coefficient (Wildman–Crippen LogP) is 2.23. The maximum Gasteiger partial charge on any atom is 0.255 e. The number of halogens is 1. The van der Waals surface area contributed by atoms with Crippen LogP contribution in [0.1, 0.15) is 24.2 Å². The van der Waals surface area contributed by atoms with E-state index in [9.17, 15) is 9.18 Å². The summed E-state index contributed by atoms with van der Waals surface area (Å²) in [6.07, 6.45) is -0.170. The van der Waals surface area contributed by atoms with Gasteiger partial charge in [-0.15, -0.1) is 0 Å². The SMILES string of the molecule is CN=C(NCc1cccc(OCC(N)=O)c1)N1CC(C)OC(c2ccc(F)cc2)C1. The zero-order chi connectivity index (χ0) is 21.5. The summed E-state index contributed by atoms with van der Waals surface area (Å²) in [6, 6.07) is 13.8. The van der Waals surface area contributed by atoms with Gasteiger partial charge in [-0.2, -0.15) is 0 Å². The molecule has 2 atom stereocenters. The molecule has 0 aliphatic carbocycles. The molecule has 30 heavy (non-hydrogen) atoms. The van der Waals surface area contributed by atoms with E-state index in [0.29, 0.717) is 25.4 Å². The van der Waals surface area contributed by atoms with Crippen LogP contribution in [0.2, 0.25) is 0 Å². The van der Waals surface area contributed by atoms with E-state index in [0.717, 1.165) is 17.1 Å². The van der Waals surface area contributed by atoms with Gasteiger partial charge in [0.15, 0.2) is 12.6 Å². The van der Waals surface area contributed by atoms with Crippen molar-refractivity contribution in [3.05, 3.63) is 65.5 Å². The van der Waals surface area contributed by atoms with Crippen molar-refractivity contribution in [2.24, 2.45) is 10.7 Å². The van der Waals surface area contributed by atoms with E-state index in [2.05, 4.69) is 15.2 Å². The van der Waals surface area contributed by atoms with Crippen LogP contribution < -0.4 is 15.8 Å². The molecule has 0 saturated carbocycles. The van der Waals surface area contributed by atoms with Gasteiger partial charge in [0.1, 0.15) is 17.7 Å². The van der Waals surface area contributed by atoms with Crippen LogP contribution in [-0.2, 0) is 16.1 Å². The lowest BCUT2D eigenvalue weighted by Crippen LogP contribution is -2.50. The minimum atomic E-state index is -0.518. The van der Waals surface area contributed by atoms with E-state index in [-0.39, 0.29) is 24.6 Å². The number of nitrogens with zero attached hydrogens (tertiary/aromatic N) is 2. The van der Waals surface area contributed by atoms with Crippen LogP contribution in [0, 0.1) is 5.82 Å². The quantitative estimate of drug-likeness (QED) is 0.559. The van der Waals surface area contributed by atoms with Gasteiger partial charge in [-0.1, -0.05) is 24.3 Å². The zero-order valence-electron chi connectivity index (χ0n) is 17.2. The number of nitrogens with two attached hydrogens (primary N) is 1. The van der Waals surface area contributed by atoms with Crippen molar-refractivity contribution in [3.63, 3.8) is 0 Å². The number of rotatable bonds is 6. The molecule has 1 saturated heterocycles. The third-order valence-electron chi connectivity index (χ3n) is 4.74. The highest BCUT2D eigenvalue weighted by Crippen LogP contribution is 2.25. The third kappa shape index (κ3) is 5.93. The highest BCUT2D eigenvalue weighted by molar-refractivity contribution is 5.80. The standard InChI is InChI=1S/C22H27FN4O3/c1-15-12-27(13-20(30-15)17-6-8-18(23)9-7-17)22(25-2)26-11-16-4-3-5-19(10-16)29-14-21(24)28/h3-10,15,20H,11-14H2,1-2H3,(H2,24,28)(H,25,26). The number of nitrogens with one attached hydrogen (secondary N) is 1. The lowest BCUT2D eigenvalue weighted by atomic mass is 10.1. The molecule has 1 fully saturated rings. The van der Waals surface area contributed by atoms with E-state index in [4.69, 9.17) is 15.2 Å². The Morgan fingerprint density at radius 3 is 2.77 bits per heavy atom. The average molecular weight is 414 g/mol. The van der Waals surface area contributed by atoms with Gasteiger partial charge < -0.3 is 25.4 Å². The number of amides is 1. The summed E-state index contributed by atoms with van der Waals surface area (Å²) < 4.78 is 24.7. The Bertz CT molecular complexity index is 888. The van der Waals surface area contributed by atoms with E-state index in [1.54, 1.807) is 25.2 Å². The number of carbonyl (C=O) groups is 1. The van der Waals surface area contributed by atoms with E-state index in [1.807, 2.05) is 25.1 Å². The van der Waals surface area contributed by atoms with Gasteiger partial charge in [-0.3, -0.25) is 9.79 Å². The molecule has 160 valence electrons. The molecule has 0 bridgehead atoms. The summed E-state index contributed by atoms with van der Waals surface area (Å²) in [5.41, 5.74) is 7.04. The first-order valence-corrected chi connectivity index (χ1v) is 9.81. The first kappa shape index (κ1) is 21.6. The van der Waals surface area contributed by atoms with Crippen molar-refractivity contribution in [1.82, 2.24) is 10.2 Å². The molecule has 0 aromatic heterocycles. The Morgan fingerprint density at radius 1 is 1.30 bits per heavy atom. The molecule has 2 aromatic rings. The van der Waals surface area contributed by atoms with Crippen LogP contribution in [0.3, 0.4) is 0 Å². The molecule has 1 aliphatic rings. The van der Waals surface area contributed by atoms with Crippen LogP contribution in [0.15, 0.2) is 53.5 Å². The number of morpholine rings is 1. The Morgan fingerprint density at radius 2 is 2.07 bits per heavy atom. The zero-order valence-corrected chi connectivity index (χ0v) is 17.2. The second-order valence-electron chi connectivity index (χ2n) is 7.20. The van der Waals surface area contributed by atoms with Crippen LogP contribution in [-0.4, -0.2) is 49.6 Å².